The Hall–Kier alpha value is -8.60. The average Bonchev–Trinajstić information content (AvgIpc) is 3.67. The molecular weight excluding hydrogens is 1130 g/mol. The average molecular weight is 1210 g/mol. The van der Waals surface area contributed by atoms with Gasteiger partial charge in [0.05, 0.1) is 0 Å². The Labute approximate surface area is 518 Å². The number of carbonyl (C=O) groups excluding carboxylic acids is 7. The number of carbonyl (C=O) groups is 7. The summed E-state index contributed by atoms with van der Waals surface area (Å²) in [6.45, 7) is -0.283. The zero-order valence-corrected chi connectivity index (χ0v) is 51.1. The van der Waals surface area contributed by atoms with Gasteiger partial charge < -0.3 is 38.2 Å². The summed E-state index contributed by atoms with van der Waals surface area (Å²) in [6.07, 6.45) is 0.721. The second kappa shape index (κ2) is 34.7. The van der Waals surface area contributed by atoms with Crippen LogP contribution in [0.15, 0.2) is 170 Å². The first-order chi connectivity index (χ1) is 42.8. The van der Waals surface area contributed by atoms with Gasteiger partial charge in [-0.05, 0) is 131 Å². The van der Waals surface area contributed by atoms with E-state index in [1.807, 2.05) is 189 Å². The number of hydrogen-bond acceptors (Lipinski definition) is 15. The van der Waals surface area contributed by atoms with Crippen LogP contribution in [-0.2, 0) is 82.9 Å². The molecule has 8 rings (SSSR count). The first-order valence-electron chi connectivity index (χ1n) is 30.3. The number of fused-ring (bicyclic) bond motifs is 4. The molecule has 0 spiro atoms. The maximum atomic E-state index is 13.7. The molecule has 0 aromatic heterocycles. The predicted molar refractivity (Wildman–Crippen MR) is 344 cm³/mol. The van der Waals surface area contributed by atoms with Crippen LogP contribution in [0.3, 0.4) is 0 Å². The van der Waals surface area contributed by atoms with Crippen LogP contribution in [0.5, 0.6) is 0 Å². The lowest BCUT2D eigenvalue weighted by molar-refractivity contribution is -0.167. The molecule has 0 fully saturated rings. The molecule has 0 aliphatic carbocycles. The normalized spacial score (nSPS) is 11.3. The number of benzene rings is 8. The van der Waals surface area contributed by atoms with Gasteiger partial charge in [-0.3, -0.25) is 33.6 Å². The third kappa shape index (κ3) is 22.3. The summed E-state index contributed by atoms with van der Waals surface area (Å²) in [5.41, 5.74) is 3.85. The second-order valence-electron chi connectivity index (χ2n) is 22.1. The van der Waals surface area contributed by atoms with E-state index in [1.54, 1.807) is 4.90 Å². The molecule has 0 N–H and O–H groups in total. The molecule has 16 heteroatoms. The van der Waals surface area contributed by atoms with Gasteiger partial charge in [-0.15, -0.1) is 0 Å². The predicted octanol–water partition coefficient (Wildman–Crippen LogP) is 12.8. The smallest absolute Gasteiger partial charge is 0.306 e. The summed E-state index contributed by atoms with van der Waals surface area (Å²) in [4.78, 5) is 96.8. The van der Waals surface area contributed by atoms with Crippen LogP contribution in [0, 0.1) is 0 Å². The molecule has 8 aromatic rings. The lowest BCUT2D eigenvalue weighted by Crippen LogP contribution is -2.33. The molecule has 0 unspecified atom stereocenters. The van der Waals surface area contributed by atoms with Gasteiger partial charge in [0.25, 0.3) is 5.24 Å². The third-order valence-corrected chi connectivity index (χ3v) is 15.9. The Morgan fingerprint density at radius 3 is 0.943 bits per heavy atom. The monoisotopic (exact) mass is 1210 g/mol. The third-order valence-electron chi connectivity index (χ3n) is 14.9. The Morgan fingerprint density at radius 1 is 0.352 bits per heavy atom. The topological polar surface area (TPSA) is 181 Å². The molecule has 0 heterocycles. The molecule has 8 aromatic carbocycles. The van der Waals surface area contributed by atoms with Gasteiger partial charge >= 0.3 is 35.8 Å². The summed E-state index contributed by atoms with van der Waals surface area (Å²) < 4.78 is 34.0. The highest BCUT2D eigenvalue weighted by atomic mass is 32.2. The fraction of sp³-hybridized carbons (Fsp3) is 0.347. The standard InChI is InChI=1S/C72H78N2O13S/c1-73(2)40-13-43-88-72(81)74(41-11-22-70(79)86-64(48-82-66(75)36-28-52-24-32-56-14-3-7-18-60(56)44-52)49-83-67(76)37-29-53-25-33-57-15-4-8-19-61(57)45-53)42-12-23-71(80)87-65(50-84-68(77)38-30-54-26-34-58-16-5-9-20-62(58)46-54)51-85-69(78)39-31-55-27-35-59-17-6-10-21-63(59)47-55/h3-10,14-21,24-27,32-35,44-47,64-65H,11-13,22-23,28-31,36-43,48-51H2,1-2H3. The largest absolute Gasteiger partial charge is 0.462 e. The Bertz CT molecular complexity index is 3220. The SMILES string of the molecule is CN(C)CCCSC(=O)N(CCCC(=O)OC(COC(=O)CCc1ccc2ccccc2c1)COC(=O)CCc1ccc2ccccc2c1)CCCC(=O)OC(COC(=O)CCc1ccc2ccccc2c1)COC(=O)CCc1ccc2ccccc2c1. The van der Waals surface area contributed by atoms with E-state index in [2.05, 4.69) is 0 Å². The van der Waals surface area contributed by atoms with Crippen molar-refractivity contribution in [3.63, 3.8) is 0 Å². The van der Waals surface area contributed by atoms with Crippen LogP contribution in [-0.4, -0.2) is 129 Å². The number of amides is 1. The van der Waals surface area contributed by atoms with Gasteiger partial charge in [0, 0.05) is 57.4 Å². The maximum Gasteiger partial charge on any atom is 0.306 e. The highest BCUT2D eigenvalue weighted by molar-refractivity contribution is 8.13. The fourth-order valence-corrected chi connectivity index (χ4v) is 10.9. The van der Waals surface area contributed by atoms with Crippen molar-refractivity contribution in [1.82, 2.24) is 9.80 Å². The minimum atomic E-state index is -1.10. The summed E-state index contributed by atoms with van der Waals surface area (Å²) in [5.74, 6) is -2.77. The summed E-state index contributed by atoms with van der Waals surface area (Å²) in [7, 11) is 3.91. The highest BCUT2D eigenvalue weighted by Gasteiger charge is 2.24. The Balaban J connectivity index is 0.838. The highest BCUT2D eigenvalue weighted by Crippen LogP contribution is 2.22. The van der Waals surface area contributed by atoms with Crippen molar-refractivity contribution in [3.05, 3.63) is 192 Å². The minimum absolute atomic E-state index is 0.0758. The molecule has 15 nitrogen and oxygen atoms in total. The number of thioether (sulfide) groups is 1. The quantitative estimate of drug-likeness (QED) is 0.0211. The molecule has 88 heavy (non-hydrogen) atoms. The first-order valence-corrected chi connectivity index (χ1v) is 31.3. The molecular formula is C72H78N2O13S. The molecule has 0 atom stereocenters. The van der Waals surface area contributed by atoms with Crippen molar-refractivity contribution in [2.45, 2.75) is 95.7 Å². The van der Waals surface area contributed by atoms with Gasteiger partial charge in [0.2, 0.25) is 0 Å². The number of esters is 6. The fourth-order valence-electron chi connectivity index (χ4n) is 10.1. The summed E-state index contributed by atoms with van der Waals surface area (Å²) in [6, 6.07) is 55.8. The van der Waals surface area contributed by atoms with E-state index in [0.717, 1.165) is 90.1 Å². The van der Waals surface area contributed by atoms with Gasteiger partial charge in [-0.2, -0.15) is 0 Å². The number of aryl methyl sites for hydroxylation is 4. The van der Waals surface area contributed by atoms with Crippen LogP contribution in [0.4, 0.5) is 4.79 Å². The van der Waals surface area contributed by atoms with Crippen molar-refractivity contribution >= 4 is 95.9 Å². The molecule has 0 aliphatic rings. The number of ether oxygens (including phenoxy) is 6. The van der Waals surface area contributed by atoms with Crippen LogP contribution >= 0.6 is 11.8 Å². The molecule has 0 saturated carbocycles. The molecule has 1 amide bonds. The zero-order valence-electron chi connectivity index (χ0n) is 50.3. The van der Waals surface area contributed by atoms with E-state index in [-0.39, 0.29) is 96.1 Å². The van der Waals surface area contributed by atoms with E-state index >= 15 is 0 Å². The number of nitrogens with zero attached hydrogens (tertiary/aromatic N) is 2. The summed E-state index contributed by atoms with van der Waals surface area (Å²) >= 11 is 1.15. The lowest BCUT2D eigenvalue weighted by atomic mass is 10.0. The Morgan fingerprint density at radius 2 is 0.648 bits per heavy atom. The van der Waals surface area contributed by atoms with Crippen molar-refractivity contribution in [3.8, 4) is 0 Å². The zero-order chi connectivity index (χ0) is 61.9. The summed E-state index contributed by atoms with van der Waals surface area (Å²) in [5, 5.41) is 8.36. The molecule has 0 radical (unpaired) electrons. The van der Waals surface area contributed by atoms with Gasteiger partial charge in [-0.25, -0.2) is 0 Å². The molecule has 0 aliphatic heterocycles. The van der Waals surface area contributed by atoms with Crippen molar-refractivity contribution < 1.29 is 62.0 Å². The van der Waals surface area contributed by atoms with E-state index in [0.29, 0.717) is 31.4 Å². The molecule has 0 saturated heterocycles. The Kier molecular flexibility index (Phi) is 25.8. The molecule has 0 bridgehead atoms. The first kappa shape index (κ1) is 65.4. The van der Waals surface area contributed by atoms with Gasteiger partial charge in [0.1, 0.15) is 26.4 Å². The van der Waals surface area contributed by atoms with Crippen molar-refractivity contribution in [2.75, 3.05) is 65.9 Å². The second-order valence-corrected chi connectivity index (χ2v) is 23.2. The number of hydrogen-bond donors (Lipinski definition) is 0. The van der Waals surface area contributed by atoms with Crippen LogP contribution in [0.1, 0.15) is 80.0 Å². The minimum Gasteiger partial charge on any atom is -0.462 e. The molecule has 460 valence electrons. The van der Waals surface area contributed by atoms with Crippen LogP contribution in [0.25, 0.3) is 43.1 Å². The maximum absolute atomic E-state index is 13.7. The van der Waals surface area contributed by atoms with E-state index in [9.17, 15) is 33.6 Å². The van der Waals surface area contributed by atoms with Crippen molar-refractivity contribution in [1.29, 1.82) is 0 Å². The van der Waals surface area contributed by atoms with Crippen molar-refractivity contribution in [2.24, 2.45) is 0 Å². The van der Waals surface area contributed by atoms with Crippen LogP contribution in [0.2, 0.25) is 0 Å². The van der Waals surface area contributed by atoms with Crippen LogP contribution < -0.4 is 0 Å². The van der Waals surface area contributed by atoms with E-state index < -0.39 is 48.0 Å². The van der Waals surface area contributed by atoms with Gasteiger partial charge in [-0.1, -0.05) is 182 Å². The van der Waals surface area contributed by atoms with E-state index in [1.165, 1.54) is 0 Å². The van der Waals surface area contributed by atoms with E-state index in [4.69, 9.17) is 28.4 Å². The number of rotatable bonds is 34. The lowest BCUT2D eigenvalue weighted by Gasteiger charge is -2.23. The van der Waals surface area contributed by atoms with Gasteiger partial charge in [0.15, 0.2) is 12.2 Å².